The first-order valence-corrected chi connectivity index (χ1v) is 9.45. The number of thiazole rings is 1. The Bertz CT molecular complexity index is 744. The van der Waals surface area contributed by atoms with Crippen LogP contribution in [-0.2, 0) is 22.7 Å². The lowest BCUT2D eigenvalue weighted by Crippen LogP contribution is -2.47. The number of hydrogen-bond donors (Lipinski definition) is 0. The lowest BCUT2D eigenvalue weighted by molar-refractivity contribution is -0.143. The molecule has 1 atom stereocenters. The third-order valence-electron chi connectivity index (χ3n) is 4.64. The Kier molecular flexibility index (Phi) is 5.48. The maximum Gasteiger partial charge on any atom is 0.245 e. The molecular weight excluding hydrogens is 334 g/mol. The molecular formula is C19H23N3O2S. The summed E-state index contributed by atoms with van der Waals surface area (Å²) in [4.78, 5) is 34.1. The van der Waals surface area contributed by atoms with Crippen LogP contribution in [0.1, 0.15) is 35.9 Å². The zero-order valence-electron chi connectivity index (χ0n) is 14.6. The van der Waals surface area contributed by atoms with E-state index in [2.05, 4.69) is 4.98 Å². The fourth-order valence-corrected chi connectivity index (χ4v) is 3.93. The van der Waals surface area contributed by atoms with Crippen molar-refractivity contribution in [3.8, 4) is 0 Å². The molecule has 1 aliphatic heterocycles. The normalized spacial score (nSPS) is 15.4. The highest BCUT2D eigenvalue weighted by Crippen LogP contribution is 2.20. The number of hydrogen-bond acceptors (Lipinski definition) is 4. The Morgan fingerprint density at radius 1 is 1.32 bits per heavy atom. The van der Waals surface area contributed by atoms with Crippen LogP contribution in [0.15, 0.2) is 35.8 Å². The fourth-order valence-electron chi connectivity index (χ4n) is 3.14. The van der Waals surface area contributed by atoms with E-state index in [1.54, 1.807) is 16.2 Å². The quantitative estimate of drug-likeness (QED) is 0.799. The second kappa shape index (κ2) is 7.78. The van der Waals surface area contributed by atoms with E-state index in [0.717, 1.165) is 22.6 Å². The summed E-state index contributed by atoms with van der Waals surface area (Å²) < 4.78 is 0. The van der Waals surface area contributed by atoms with Crippen LogP contribution in [0, 0.1) is 6.92 Å². The van der Waals surface area contributed by atoms with E-state index >= 15 is 0 Å². The van der Waals surface area contributed by atoms with Crippen LogP contribution >= 0.6 is 11.3 Å². The van der Waals surface area contributed by atoms with Crippen molar-refractivity contribution in [3.63, 3.8) is 0 Å². The lowest BCUT2D eigenvalue weighted by atomic mass is 10.1. The highest BCUT2D eigenvalue weighted by molar-refractivity contribution is 7.09. The maximum absolute atomic E-state index is 13.1. The smallest absolute Gasteiger partial charge is 0.245 e. The summed E-state index contributed by atoms with van der Waals surface area (Å²) in [5, 5.41) is 0. The van der Waals surface area contributed by atoms with Crippen molar-refractivity contribution in [2.75, 3.05) is 6.54 Å². The molecule has 0 radical (unpaired) electrons. The monoisotopic (exact) mass is 357 g/mol. The van der Waals surface area contributed by atoms with E-state index in [4.69, 9.17) is 0 Å². The van der Waals surface area contributed by atoms with Gasteiger partial charge >= 0.3 is 0 Å². The van der Waals surface area contributed by atoms with E-state index in [9.17, 15) is 9.59 Å². The van der Waals surface area contributed by atoms with Crippen molar-refractivity contribution in [1.82, 2.24) is 14.8 Å². The topological polar surface area (TPSA) is 53.5 Å². The second-order valence-corrected chi connectivity index (χ2v) is 7.35. The number of aromatic nitrogens is 1. The van der Waals surface area contributed by atoms with E-state index in [1.165, 1.54) is 0 Å². The van der Waals surface area contributed by atoms with Gasteiger partial charge in [-0.15, -0.1) is 11.3 Å². The fraction of sp³-hybridized carbons (Fsp3) is 0.421. The molecule has 1 aliphatic rings. The van der Waals surface area contributed by atoms with Gasteiger partial charge in [-0.3, -0.25) is 9.59 Å². The standard InChI is InChI=1S/C19H23N3O2S/c1-14-17(25-13-20-14)12-21(11-16-7-4-3-5-8-16)19(24)15(2)22-10-6-9-18(22)23/h3-5,7-8,13,15H,6,9-12H2,1-2H3. The van der Waals surface area contributed by atoms with E-state index in [-0.39, 0.29) is 11.8 Å². The molecule has 2 aromatic rings. The molecule has 1 aromatic heterocycles. The largest absolute Gasteiger partial charge is 0.331 e. The first kappa shape index (κ1) is 17.6. The first-order chi connectivity index (χ1) is 12.1. The van der Waals surface area contributed by atoms with Gasteiger partial charge in [0, 0.05) is 24.4 Å². The number of aryl methyl sites for hydroxylation is 1. The average Bonchev–Trinajstić information content (AvgIpc) is 3.22. The Labute approximate surface area is 152 Å². The van der Waals surface area contributed by atoms with Gasteiger partial charge in [-0.05, 0) is 25.8 Å². The van der Waals surface area contributed by atoms with Crippen molar-refractivity contribution < 1.29 is 9.59 Å². The van der Waals surface area contributed by atoms with Crippen LogP contribution < -0.4 is 0 Å². The Morgan fingerprint density at radius 2 is 2.08 bits per heavy atom. The molecule has 0 saturated carbocycles. The molecule has 1 saturated heterocycles. The van der Waals surface area contributed by atoms with Crippen molar-refractivity contribution in [1.29, 1.82) is 0 Å². The van der Waals surface area contributed by atoms with Gasteiger partial charge in [-0.1, -0.05) is 30.3 Å². The van der Waals surface area contributed by atoms with Crippen molar-refractivity contribution in [3.05, 3.63) is 52.0 Å². The number of carbonyl (C=O) groups excluding carboxylic acids is 2. The zero-order chi connectivity index (χ0) is 17.8. The average molecular weight is 357 g/mol. The molecule has 2 heterocycles. The van der Waals surface area contributed by atoms with Gasteiger partial charge in [-0.25, -0.2) is 4.98 Å². The molecule has 1 aromatic carbocycles. The van der Waals surface area contributed by atoms with E-state index in [0.29, 0.717) is 26.1 Å². The van der Waals surface area contributed by atoms with Crippen LogP contribution in [0.2, 0.25) is 0 Å². The molecule has 0 aliphatic carbocycles. The van der Waals surface area contributed by atoms with Gasteiger partial charge in [0.15, 0.2) is 0 Å². The summed E-state index contributed by atoms with van der Waals surface area (Å²) in [6, 6.07) is 9.53. The van der Waals surface area contributed by atoms with Gasteiger partial charge in [0.1, 0.15) is 6.04 Å². The maximum atomic E-state index is 13.1. The molecule has 1 fully saturated rings. The second-order valence-electron chi connectivity index (χ2n) is 6.41. The minimum atomic E-state index is -0.424. The molecule has 0 N–H and O–H groups in total. The third-order valence-corrected chi connectivity index (χ3v) is 5.56. The van der Waals surface area contributed by atoms with Crippen LogP contribution in [0.5, 0.6) is 0 Å². The molecule has 0 spiro atoms. The third kappa shape index (κ3) is 4.07. The number of carbonyl (C=O) groups is 2. The minimum absolute atomic E-state index is 0.00750. The summed E-state index contributed by atoms with van der Waals surface area (Å²) in [5.41, 5.74) is 3.85. The van der Waals surface area contributed by atoms with E-state index < -0.39 is 6.04 Å². The lowest BCUT2D eigenvalue weighted by Gasteiger charge is -2.30. The van der Waals surface area contributed by atoms with Gasteiger partial charge in [0.05, 0.1) is 17.7 Å². The number of nitrogens with zero attached hydrogens (tertiary/aromatic N) is 3. The van der Waals surface area contributed by atoms with Gasteiger partial charge in [0.25, 0.3) is 0 Å². The van der Waals surface area contributed by atoms with E-state index in [1.807, 2.05) is 54.6 Å². The number of amides is 2. The first-order valence-electron chi connectivity index (χ1n) is 8.57. The summed E-state index contributed by atoms with van der Waals surface area (Å²) in [7, 11) is 0. The Morgan fingerprint density at radius 3 is 2.68 bits per heavy atom. The van der Waals surface area contributed by atoms with Crippen LogP contribution in [0.25, 0.3) is 0 Å². The number of benzene rings is 1. The highest BCUT2D eigenvalue weighted by atomic mass is 32.1. The number of likely N-dealkylation sites (tertiary alicyclic amines) is 1. The molecule has 5 nitrogen and oxygen atoms in total. The predicted octanol–water partition coefficient (Wildman–Crippen LogP) is 2.99. The zero-order valence-corrected chi connectivity index (χ0v) is 15.5. The van der Waals surface area contributed by atoms with Gasteiger partial charge in [-0.2, -0.15) is 0 Å². The molecule has 25 heavy (non-hydrogen) atoms. The minimum Gasteiger partial charge on any atom is -0.331 e. The molecule has 3 rings (SSSR count). The summed E-state index contributed by atoms with van der Waals surface area (Å²) >= 11 is 1.56. The summed E-state index contributed by atoms with van der Waals surface area (Å²) in [6.45, 7) is 5.53. The van der Waals surface area contributed by atoms with Crippen molar-refractivity contribution in [2.24, 2.45) is 0 Å². The molecule has 132 valence electrons. The van der Waals surface area contributed by atoms with Crippen LogP contribution in [0.4, 0.5) is 0 Å². The summed E-state index contributed by atoms with van der Waals surface area (Å²) in [6.07, 6.45) is 1.38. The molecule has 6 heteroatoms. The summed E-state index contributed by atoms with van der Waals surface area (Å²) in [5.74, 6) is 0.0707. The SMILES string of the molecule is Cc1ncsc1CN(Cc1ccccc1)C(=O)C(C)N1CCCC1=O. The van der Waals surface area contributed by atoms with Gasteiger partial charge in [0.2, 0.25) is 11.8 Å². The molecule has 0 bridgehead atoms. The van der Waals surface area contributed by atoms with Crippen LogP contribution in [-0.4, -0.2) is 39.2 Å². The Balaban J connectivity index is 1.80. The van der Waals surface area contributed by atoms with Crippen LogP contribution in [0.3, 0.4) is 0 Å². The van der Waals surface area contributed by atoms with Crippen molar-refractivity contribution >= 4 is 23.2 Å². The highest BCUT2D eigenvalue weighted by Gasteiger charge is 2.32. The molecule has 1 unspecified atom stereocenters. The number of rotatable bonds is 6. The molecule has 2 amide bonds. The Hall–Kier alpha value is -2.21. The predicted molar refractivity (Wildman–Crippen MR) is 98.0 cm³/mol. The van der Waals surface area contributed by atoms with Crippen molar-refractivity contribution in [2.45, 2.75) is 45.8 Å². The van der Waals surface area contributed by atoms with Gasteiger partial charge < -0.3 is 9.80 Å².